The van der Waals surface area contributed by atoms with E-state index < -0.39 is 12.0 Å². The first-order chi connectivity index (χ1) is 17.3. The average Bonchev–Trinajstić information content (AvgIpc) is 3.33. The number of benzene rings is 2. The highest BCUT2D eigenvalue weighted by Gasteiger charge is 2.20. The molecule has 4 aromatic rings. The van der Waals surface area contributed by atoms with E-state index >= 15 is 0 Å². The quantitative estimate of drug-likeness (QED) is 0.235. The first kappa shape index (κ1) is 24.9. The summed E-state index contributed by atoms with van der Waals surface area (Å²) < 4.78 is 13.8. The van der Waals surface area contributed by atoms with Gasteiger partial charge in [-0.3, -0.25) is 0 Å². The lowest BCUT2D eigenvalue weighted by Crippen LogP contribution is -2.32. The van der Waals surface area contributed by atoms with Crippen LogP contribution >= 0.6 is 0 Å². The second-order valence-corrected chi connectivity index (χ2v) is 8.86. The van der Waals surface area contributed by atoms with Gasteiger partial charge in [-0.2, -0.15) is 0 Å². The number of nitrogens with one attached hydrogen (secondary N) is 3. The van der Waals surface area contributed by atoms with E-state index in [1.165, 1.54) is 12.1 Å². The highest BCUT2D eigenvalue weighted by atomic mass is 19.1. The Morgan fingerprint density at radius 3 is 2.58 bits per heavy atom. The Balaban J connectivity index is 1.42. The highest BCUT2D eigenvalue weighted by molar-refractivity contribution is 5.79. The topological polar surface area (TPSA) is 103 Å². The third kappa shape index (κ3) is 6.07. The van der Waals surface area contributed by atoms with Crippen molar-refractivity contribution in [1.29, 1.82) is 0 Å². The lowest BCUT2D eigenvalue weighted by molar-refractivity contribution is -0.137. The molecule has 0 saturated carbocycles. The second-order valence-electron chi connectivity index (χ2n) is 8.86. The molecular formula is C28H30FN5O2. The molecular weight excluding hydrogens is 457 g/mol. The van der Waals surface area contributed by atoms with Crippen LogP contribution in [0, 0.1) is 19.7 Å². The molecule has 186 valence electrons. The molecule has 0 fully saturated rings. The minimum Gasteiger partial charge on any atom is -0.480 e. The fourth-order valence-electron chi connectivity index (χ4n) is 4.13. The number of carboxylic acid groups (broad SMARTS) is 1. The molecule has 4 N–H and O–H groups in total. The number of H-pyrrole nitrogens is 1. The van der Waals surface area contributed by atoms with Gasteiger partial charge in [0.1, 0.15) is 23.5 Å². The Morgan fingerprint density at radius 2 is 1.89 bits per heavy atom. The molecule has 36 heavy (non-hydrogen) atoms. The molecule has 2 aromatic heterocycles. The first-order valence-electron chi connectivity index (χ1n) is 11.9. The van der Waals surface area contributed by atoms with Crippen molar-refractivity contribution in [3.63, 3.8) is 0 Å². The van der Waals surface area contributed by atoms with Crippen molar-refractivity contribution in [3.8, 4) is 11.3 Å². The largest absolute Gasteiger partial charge is 0.480 e. The molecule has 0 spiro atoms. The minimum atomic E-state index is -0.960. The number of pyridine rings is 1. The molecule has 0 aliphatic rings. The van der Waals surface area contributed by atoms with Crippen LogP contribution in [0.15, 0.2) is 60.9 Å². The zero-order chi connectivity index (χ0) is 25.7. The molecule has 1 atom stereocenters. The number of hydrogen-bond donors (Lipinski definition) is 4. The summed E-state index contributed by atoms with van der Waals surface area (Å²) in [6.07, 6.45) is 4.43. The summed E-state index contributed by atoms with van der Waals surface area (Å²) in [4.78, 5) is 24.0. The Morgan fingerprint density at radius 1 is 1.11 bits per heavy atom. The molecule has 1 unspecified atom stereocenters. The van der Waals surface area contributed by atoms with Crippen LogP contribution in [-0.2, 0) is 24.2 Å². The van der Waals surface area contributed by atoms with Crippen LogP contribution in [0.2, 0.25) is 0 Å². The Hall–Kier alpha value is -4.20. The van der Waals surface area contributed by atoms with Crippen LogP contribution < -0.4 is 10.6 Å². The van der Waals surface area contributed by atoms with Crippen molar-refractivity contribution in [2.24, 2.45) is 0 Å². The zero-order valence-corrected chi connectivity index (χ0v) is 20.6. The third-order valence-corrected chi connectivity index (χ3v) is 6.07. The van der Waals surface area contributed by atoms with Crippen molar-refractivity contribution in [3.05, 3.63) is 94.8 Å². The van der Waals surface area contributed by atoms with E-state index in [1.54, 1.807) is 19.3 Å². The van der Waals surface area contributed by atoms with Gasteiger partial charge in [-0.1, -0.05) is 31.2 Å². The van der Waals surface area contributed by atoms with Gasteiger partial charge in [-0.05, 0) is 72.4 Å². The lowest BCUT2D eigenvalue weighted by Gasteiger charge is -2.20. The molecule has 0 bridgehead atoms. The van der Waals surface area contributed by atoms with Gasteiger partial charge in [-0.25, -0.2) is 19.2 Å². The van der Waals surface area contributed by atoms with Crippen LogP contribution in [0.4, 0.5) is 15.9 Å². The monoisotopic (exact) mass is 487 g/mol. The highest BCUT2D eigenvalue weighted by Crippen LogP contribution is 2.25. The molecule has 0 amide bonds. The van der Waals surface area contributed by atoms with Gasteiger partial charge >= 0.3 is 5.97 Å². The summed E-state index contributed by atoms with van der Waals surface area (Å²) in [6, 6.07) is 13.7. The maximum absolute atomic E-state index is 13.8. The SMILES string of the molecule is CCc1cc(F)cc(C)c1NC(Cc1ccc(-c2cnc(CNc3cc(C)ccn3)[nH]2)cc1)C(=O)O. The number of halogens is 1. The van der Waals surface area contributed by atoms with Crippen molar-refractivity contribution < 1.29 is 14.3 Å². The van der Waals surface area contributed by atoms with Crippen molar-refractivity contribution in [1.82, 2.24) is 15.0 Å². The fourth-order valence-corrected chi connectivity index (χ4v) is 4.13. The first-order valence-corrected chi connectivity index (χ1v) is 11.9. The van der Waals surface area contributed by atoms with Gasteiger partial charge < -0.3 is 20.7 Å². The molecule has 2 heterocycles. The number of aromatic nitrogens is 3. The summed E-state index contributed by atoms with van der Waals surface area (Å²) in [6.45, 7) is 6.24. The maximum Gasteiger partial charge on any atom is 0.326 e. The van der Waals surface area contributed by atoms with Crippen molar-refractivity contribution in [2.45, 2.75) is 46.2 Å². The number of aryl methyl sites for hydroxylation is 3. The van der Waals surface area contributed by atoms with E-state index in [-0.39, 0.29) is 12.2 Å². The van der Waals surface area contributed by atoms with E-state index in [9.17, 15) is 14.3 Å². The summed E-state index contributed by atoms with van der Waals surface area (Å²) in [5.41, 5.74) is 5.97. The molecule has 0 saturated heterocycles. The van der Waals surface area contributed by atoms with Crippen molar-refractivity contribution in [2.75, 3.05) is 10.6 Å². The number of hydrogen-bond acceptors (Lipinski definition) is 5. The predicted molar refractivity (Wildman–Crippen MR) is 140 cm³/mol. The second kappa shape index (κ2) is 11.0. The molecule has 0 aliphatic carbocycles. The minimum absolute atomic E-state index is 0.289. The van der Waals surface area contributed by atoms with Gasteiger partial charge in [0.15, 0.2) is 0 Å². The van der Waals surface area contributed by atoms with E-state index in [2.05, 4.69) is 25.6 Å². The van der Waals surface area contributed by atoms with Crippen LogP contribution in [0.3, 0.4) is 0 Å². The van der Waals surface area contributed by atoms with E-state index in [4.69, 9.17) is 0 Å². The van der Waals surface area contributed by atoms with Crippen molar-refractivity contribution >= 4 is 17.5 Å². The average molecular weight is 488 g/mol. The molecule has 7 nitrogen and oxygen atoms in total. The molecule has 0 aliphatic heterocycles. The van der Waals surface area contributed by atoms with Gasteiger partial charge in [0, 0.05) is 18.3 Å². The Bertz CT molecular complexity index is 1350. The Labute approximate surface area is 209 Å². The Kier molecular flexibility index (Phi) is 7.63. The van der Waals surface area contributed by atoms with Gasteiger partial charge in [-0.15, -0.1) is 0 Å². The fraction of sp³-hybridized carbons (Fsp3) is 0.250. The predicted octanol–water partition coefficient (Wildman–Crippen LogP) is 5.51. The standard InChI is InChI=1S/C28H30FN5O2/c1-4-20-14-22(29)12-18(3)27(20)34-23(28(35)36)13-19-5-7-21(8-6-19)24-15-31-26(33-24)16-32-25-11-17(2)9-10-30-25/h5-12,14-15,23,34H,4,13,16H2,1-3H3,(H,30,32)(H,31,33)(H,35,36). The smallest absolute Gasteiger partial charge is 0.326 e. The van der Waals surface area contributed by atoms with E-state index in [1.807, 2.05) is 50.2 Å². The number of carbonyl (C=O) groups is 1. The number of aliphatic carboxylic acids is 1. The van der Waals surface area contributed by atoms with Crippen LogP contribution in [0.25, 0.3) is 11.3 Å². The maximum atomic E-state index is 13.8. The lowest BCUT2D eigenvalue weighted by atomic mass is 10.0. The number of aromatic amines is 1. The number of imidazole rings is 1. The van der Waals surface area contributed by atoms with E-state index in [0.29, 0.717) is 24.2 Å². The summed E-state index contributed by atoms with van der Waals surface area (Å²) in [7, 11) is 0. The van der Waals surface area contributed by atoms with E-state index in [0.717, 1.165) is 39.6 Å². The summed E-state index contributed by atoms with van der Waals surface area (Å²) in [5.74, 6) is 0.301. The van der Waals surface area contributed by atoms with Crippen LogP contribution in [-0.4, -0.2) is 32.1 Å². The number of rotatable bonds is 10. The molecule has 0 radical (unpaired) electrons. The zero-order valence-electron chi connectivity index (χ0n) is 20.6. The molecule has 2 aromatic carbocycles. The summed E-state index contributed by atoms with van der Waals surface area (Å²) in [5, 5.41) is 16.2. The summed E-state index contributed by atoms with van der Waals surface area (Å²) >= 11 is 0. The van der Waals surface area contributed by atoms with Crippen LogP contribution in [0.5, 0.6) is 0 Å². The number of anilines is 2. The van der Waals surface area contributed by atoms with Crippen LogP contribution in [0.1, 0.15) is 35.0 Å². The molecule has 4 rings (SSSR count). The molecule has 8 heteroatoms. The van der Waals surface area contributed by atoms with Gasteiger partial charge in [0.2, 0.25) is 0 Å². The van der Waals surface area contributed by atoms with Gasteiger partial charge in [0.05, 0.1) is 18.4 Å². The number of nitrogens with zero attached hydrogens (tertiary/aromatic N) is 2. The van der Waals surface area contributed by atoms with Gasteiger partial charge in [0.25, 0.3) is 0 Å². The third-order valence-electron chi connectivity index (χ3n) is 6.07. The number of carboxylic acids is 1. The normalized spacial score (nSPS) is 11.8.